The van der Waals surface area contributed by atoms with Gasteiger partial charge in [0, 0.05) is 52.3 Å². The Bertz CT molecular complexity index is 1310. The molecule has 32 heavy (non-hydrogen) atoms. The summed E-state index contributed by atoms with van der Waals surface area (Å²) in [5.74, 6) is -0.198. The van der Waals surface area contributed by atoms with Crippen molar-refractivity contribution in [2.75, 3.05) is 38.1 Å². The van der Waals surface area contributed by atoms with Crippen molar-refractivity contribution in [3.63, 3.8) is 0 Å². The molecule has 1 fully saturated rings. The van der Waals surface area contributed by atoms with Crippen molar-refractivity contribution < 1.29 is 4.79 Å². The van der Waals surface area contributed by atoms with Crippen LogP contribution in [0.4, 0.5) is 5.69 Å². The van der Waals surface area contributed by atoms with Gasteiger partial charge in [0.05, 0.1) is 16.8 Å². The average Bonchev–Trinajstić information content (AvgIpc) is 2.80. The molecule has 1 amide bonds. The van der Waals surface area contributed by atoms with E-state index in [1.807, 2.05) is 19.1 Å². The number of amides is 1. The number of piperazine rings is 1. The van der Waals surface area contributed by atoms with Crippen LogP contribution in [0.3, 0.4) is 0 Å². The van der Waals surface area contributed by atoms with Crippen LogP contribution in [-0.4, -0.2) is 66.4 Å². The zero-order chi connectivity index (χ0) is 23.0. The number of aryl methyl sites for hydroxylation is 1. The van der Waals surface area contributed by atoms with E-state index < -0.39 is 5.69 Å². The third-order valence-corrected chi connectivity index (χ3v) is 6.03. The molecule has 4 rings (SSSR count). The van der Waals surface area contributed by atoms with Gasteiger partial charge in [-0.05, 0) is 30.7 Å². The van der Waals surface area contributed by atoms with E-state index in [1.54, 1.807) is 19.2 Å². The van der Waals surface area contributed by atoms with Gasteiger partial charge in [0.15, 0.2) is 0 Å². The molecule has 164 valence electrons. The summed E-state index contributed by atoms with van der Waals surface area (Å²) >= 11 is 0. The van der Waals surface area contributed by atoms with Gasteiger partial charge < -0.3 is 15.2 Å². The third-order valence-electron chi connectivity index (χ3n) is 6.03. The predicted octanol–water partition coefficient (Wildman–Crippen LogP) is -0.594. The second kappa shape index (κ2) is 8.62. The van der Waals surface area contributed by atoms with Crippen molar-refractivity contribution in [2.45, 2.75) is 13.5 Å². The lowest BCUT2D eigenvalue weighted by atomic mass is 9.87. The van der Waals surface area contributed by atoms with Crippen molar-refractivity contribution in [2.24, 2.45) is 7.05 Å². The summed E-state index contributed by atoms with van der Waals surface area (Å²) in [6, 6.07) is 7.27. The number of anilines is 1. The Labute approximate surface area is 186 Å². The van der Waals surface area contributed by atoms with Crippen LogP contribution < -0.4 is 26.9 Å². The minimum Gasteiger partial charge on any atom is -0.368 e. The maximum atomic E-state index is 12.3. The monoisotopic (exact) mass is 432 g/mol. The minimum atomic E-state index is -0.480. The Morgan fingerprint density at radius 1 is 1.16 bits per heavy atom. The van der Waals surface area contributed by atoms with Crippen molar-refractivity contribution in [3.8, 4) is 0 Å². The second-order valence-electron chi connectivity index (χ2n) is 8.00. The number of fused-ring (bicyclic) bond motifs is 1. The highest BCUT2D eigenvalue weighted by Crippen LogP contribution is 2.21. The number of nitrogens with zero attached hydrogens (tertiary/aromatic N) is 4. The number of benzene rings is 1. The second-order valence-corrected chi connectivity index (χ2v) is 8.00. The highest BCUT2D eigenvalue weighted by Gasteiger charge is 2.21. The molecule has 3 heterocycles. The van der Waals surface area contributed by atoms with Crippen molar-refractivity contribution in [1.82, 2.24) is 24.8 Å². The average molecular weight is 432 g/mol. The molecule has 1 aromatic carbocycles. The van der Waals surface area contributed by atoms with E-state index in [-0.39, 0.29) is 11.5 Å². The normalized spacial score (nSPS) is 14.7. The van der Waals surface area contributed by atoms with E-state index in [0.717, 1.165) is 47.7 Å². The van der Waals surface area contributed by atoms with Gasteiger partial charge in [-0.2, -0.15) is 0 Å². The number of pyridine rings is 1. The first-order valence-corrected chi connectivity index (χ1v) is 10.5. The summed E-state index contributed by atoms with van der Waals surface area (Å²) < 4.78 is 1.04. The van der Waals surface area contributed by atoms with Crippen LogP contribution in [0, 0.1) is 6.92 Å². The molecule has 3 aromatic rings. The molecule has 9 nitrogen and oxygen atoms in total. The first kappa shape index (κ1) is 21.8. The molecule has 0 saturated carbocycles. The van der Waals surface area contributed by atoms with Crippen LogP contribution >= 0.6 is 0 Å². The number of aromatic nitrogens is 3. The van der Waals surface area contributed by atoms with Crippen LogP contribution in [0.2, 0.25) is 0 Å². The third kappa shape index (κ3) is 3.93. The fourth-order valence-electron chi connectivity index (χ4n) is 4.11. The molecule has 0 unspecified atom stereocenters. The molecule has 1 aliphatic heterocycles. The maximum absolute atomic E-state index is 12.3. The van der Waals surface area contributed by atoms with Gasteiger partial charge in [0.1, 0.15) is 13.5 Å². The zero-order valence-corrected chi connectivity index (χ0v) is 18.4. The van der Waals surface area contributed by atoms with Gasteiger partial charge in [-0.1, -0.05) is 11.5 Å². The SMILES string of the molecule is [B]c1c(CN2CCN(c3ccc(C(=O)NC)nc3C)CC2)ccc2c(=O)n(C)c(=O)[nH]c12. The molecular weight excluding hydrogens is 407 g/mol. The Balaban J connectivity index is 1.48. The predicted molar refractivity (Wildman–Crippen MR) is 125 cm³/mol. The molecule has 1 aliphatic rings. The van der Waals surface area contributed by atoms with Crippen molar-refractivity contribution in [1.29, 1.82) is 0 Å². The van der Waals surface area contributed by atoms with Gasteiger partial charge in [-0.15, -0.1) is 0 Å². The number of aromatic amines is 1. The summed E-state index contributed by atoms with van der Waals surface area (Å²) in [7, 11) is 9.34. The zero-order valence-electron chi connectivity index (χ0n) is 18.4. The number of hydrogen-bond acceptors (Lipinski definition) is 6. The van der Waals surface area contributed by atoms with Gasteiger partial charge >= 0.3 is 5.69 Å². The highest BCUT2D eigenvalue weighted by atomic mass is 16.2. The Kier molecular flexibility index (Phi) is 5.88. The first-order chi connectivity index (χ1) is 15.3. The van der Waals surface area contributed by atoms with E-state index in [1.165, 1.54) is 7.05 Å². The van der Waals surface area contributed by atoms with E-state index in [2.05, 4.69) is 25.1 Å². The fraction of sp³-hybridized carbons (Fsp3) is 0.364. The van der Waals surface area contributed by atoms with Crippen LogP contribution in [-0.2, 0) is 13.6 Å². The first-order valence-electron chi connectivity index (χ1n) is 10.5. The summed E-state index contributed by atoms with van der Waals surface area (Å²) in [5.41, 5.74) is 3.12. The smallest absolute Gasteiger partial charge is 0.328 e. The Hall–Kier alpha value is -3.40. The van der Waals surface area contributed by atoms with Gasteiger partial charge in [-0.25, -0.2) is 9.78 Å². The maximum Gasteiger partial charge on any atom is 0.328 e. The number of hydrogen-bond donors (Lipinski definition) is 2. The summed E-state index contributed by atoms with van der Waals surface area (Å²) in [4.78, 5) is 47.8. The molecule has 10 heteroatoms. The topological polar surface area (TPSA) is 103 Å². The fourth-order valence-corrected chi connectivity index (χ4v) is 4.11. The van der Waals surface area contributed by atoms with Gasteiger partial charge in [0.25, 0.3) is 11.5 Å². The molecule has 2 radical (unpaired) electrons. The molecular formula is C22H25BN6O3. The van der Waals surface area contributed by atoms with Crippen molar-refractivity contribution in [3.05, 3.63) is 62.1 Å². The lowest BCUT2D eigenvalue weighted by Crippen LogP contribution is -2.46. The molecule has 2 aromatic heterocycles. The number of carbonyl (C=O) groups is 1. The van der Waals surface area contributed by atoms with Gasteiger partial charge in [0.2, 0.25) is 0 Å². The number of nitrogens with one attached hydrogen (secondary N) is 2. The van der Waals surface area contributed by atoms with E-state index in [9.17, 15) is 14.4 Å². The Morgan fingerprint density at radius 3 is 2.53 bits per heavy atom. The quantitative estimate of drug-likeness (QED) is 0.535. The molecule has 0 atom stereocenters. The molecule has 0 spiro atoms. The number of rotatable bonds is 4. The van der Waals surface area contributed by atoms with Crippen LogP contribution in [0.25, 0.3) is 10.9 Å². The minimum absolute atomic E-state index is 0.198. The van der Waals surface area contributed by atoms with Gasteiger partial charge in [-0.3, -0.25) is 19.1 Å². The van der Waals surface area contributed by atoms with Crippen LogP contribution in [0.1, 0.15) is 21.7 Å². The summed E-state index contributed by atoms with van der Waals surface area (Å²) in [6.07, 6.45) is 0. The molecule has 0 bridgehead atoms. The lowest BCUT2D eigenvalue weighted by molar-refractivity contribution is 0.0958. The standard InChI is InChI=1S/C22H25BN6O3/c1-13-17(7-6-16(25-13)20(30)24-2)29-10-8-28(9-11-29)12-14-4-5-15-19(18(14)23)26-22(32)27(3)21(15)31/h4-7H,8-12H2,1-3H3,(H,24,30)(H,26,32). The summed E-state index contributed by atoms with van der Waals surface area (Å²) in [5, 5.41) is 2.99. The van der Waals surface area contributed by atoms with E-state index >= 15 is 0 Å². The highest BCUT2D eigenvalue weighted by molar-refractivity contribution is 6.39. The molecule has 0 aliphatic carbocycles. The largest absolute Gasteiger partial charge is 0.368 e. The number of H-pyrrole nitrogens is 1. The van der Waals surface area contributed by atoms with Crippen molar-refractivity contribution >= 4 is 35.8 Å². The summed E-state index contributed by atoms with van der Waals surface area (Å²) in [6.45, 7) is 5.80. The molecule has 1 saturated heterocycles. The van der Waals surface area contributed by atoms with E-state index in [4.69, 9.17) is 7.85 Å². The number of carbonyl (C=O) groups excluding carboxylic acids is 1. The van der Waals surface area contributed by atoms with Crippen LogP contribution in [0.15, 0.2) is 33.9 Å². The molecule has 2 N–H and O–H groups in total. The Morgan fingerprint density at radius 2 is 1.88 bits per heavy atom. The van der Waals surface area contributed by atoms with Crippen LogP contribution in [0.5, 0.6) is 0 Å². The van der Waals surface area contributed by atoms with E-state index in [0.29, 0.717) is 28.6 Å². The lowest BCUT2D eigenvalue weighted by Gasteiger charge is -2.37.